The number of esters is 1. The summed E-state index contributed by atoms with van der Waals surface area (Å²) in [5.41, 5.74) is -1.36. The van der Waals surface area contributed by atoms with Crippen LogP contribution in [0.5, 0.6) is 5.75 Å². The van der Waals surface area contributed by atoms with Gasteiger partial charge >= 0.3 is 11.4 Å². The van der Waals surface area contributed by atoms with E-state index in [4.69, 9.17) is 14.6 Å². The third-order valence-electron chi connectivity index (χ3n) is 1.43. The molecule has 1 aromatic rings. The van der Waals surface area contributed by atoms with Gasteiger partial charge in [-0.2, -0.15) is 0 Å². The average Bonchev–Trinajstić information content (AvgIpc) is 2.18. The third-order valence-corrected chi connectivity index (χ3v) is 1.43. The molecule has 1 aromatic carbocycles. The number of benzene rings is 1. The maximum Gasteiger partial charge on any atom is 0.401 e. The number of para-hydroxylation sites is 1. The summed E-state index contributed by atoms with van der Waals surface area (Å²) in [6.07, 6.45) is 1.31. The van der Waals surface area contributed by atoms with Crippen LogP contribution in [0.4, 0.5) is 4.79 Å². The summed E-state index contributed by atoms with van der Waals surface area (Å²) in [6.45, 7) is 1.95. The van der Waals surface area contributed by atoms with E-state index in [1.807, 2.05) is 25.1 Å². The van der Waals surface area contributed by atoms with Gasteiger partial charge in [0.15, 0.2) is 0 Å². The van der Waals surface area contributed by atoms with Crippen molar-refractivity contribution in [2.75, 3.05) is 0 Å². The number of hydrogen-bond donors (Lipinski definition) is 1. The lowest BCUT2D eigenvalue weighted by Gasteiger charge is -2.01. The minimum absolute atomic E-state index is 0.163. The number of carbonyl (C=O) groups excluding carboxylic acids is 1. The van der Waals surface area contributed by atoms with Crippen molar-refractivity contribution in [2.45, 2.75) is 19.8 Å². The van der Waals surface area contributed by atoms with Crippen LogP contribution in [-0.2, 0) is 4.79 Å². The summed E-state index contributed by atoms with van der Waals surface area (Å²) in [6, 6.07) is 9.11. The smallest absolute Gasteiger partial charge is 0.401 e. The molecule has 0 aliphatic carbocycles. The highest BCUT2D eigenvalue weighted by molar-refractivity contribution is 6.60. The van der Waals surface area contributed by atoms with Crippen LogP contribution < -0.4 is 4.74 Å². The Hall–Kier alpha value is -1.55. The van der Waals surface area contributed by atoms with Gasteiger partial charge in [-0.15, -0.1) is 0 Å². The predicted molar refractivity (Wildman–Crippen MR) is 60.9 cm³/mol. The van der Waals surface area contributed by atoms with Gasteiger partial charge in [0.05, 0.1) is 0 Å². The molecule has 0 aliphatic rings. The van der Waals surface area contributed by atoms with Crippen molar-refractivity contribution < 1.29 is 19.4 Å². The fourth-order valence-electron chi connectivity index (χ4n) is 0.875. The fourth-order valence-corrected chi connectivity index (χ4v) is 0.875. The highest BCUT2D eigenvalue weighted by Gasteiger charge is 2.00. The number of ether oxygens (including phenoxy) is 1. The molecule has 0 amide bonds. The molecule has 1 N–H and O–H groups in total. The predicted octanol–water partition coefficient (Wildman–Crippen LogP) is 3.30. The lowest BCUT2D eigenvalue weighted by molar-refractivity contribution is -0.134. The van der Waals surface area contributed by atoms with Gasteiger partial charge in [0.2, 0.25) is 0 Å². The number of rotatable bonds is 3. The molecule has 0 radical (unpaired) electrons. The van der Waals surface area contributed by atoms with Crippen LogP contribution in [0.2, 0.25) is 0 Å². The molecule has 0 saturated carbocycles. The van der Waals surface area contributed by atoms with Gasteiger partial charge < -0.3 is 9.84 Å². The van der Waals surface area contributed by atoms with Crippen molar-refractivity contribution >= 4 is 23.0 Å². The molecule has 0 heterocycles. The first-order valence-electron chi connectivity index (χ1n) is 4.70. The first kappa shape index (κ1) is 14.5. The van der Waals surface area contributed by atoms with E-state index in [0.29, 0.717) is 12.2 Å². The molecule has 0 saturated heterocycles. The van der Waals surface area contributed by atoms with Gasteiger partial charge in [-0.3, -0.25) is 4.79 Å². The fraction of sp³-hybridized carbons (Fsp3) is 0.273. The maximum absolute atomic E-state index is 11.0. The molecule has 0 aliphatic heterocycles. The molecular formula is C11H13ClO4. The average molecular weight is 245 g/mol. The zero-order valence-electron chi connectivity index (χ0n) is 8.85. The largest absolute Gasteiger partial charge is 0.469 e. The van der Waals surface area contributed by atoms with Crippen molar-refractivity contribution in [2.24, 2.45) is 0 Å². The molecule has 16 heavy (non-hydrogen) atoms. The topological polar surface area (TPSA) is 63.6 Å². The molecule has 0 unspecified atom stereocenters. The normalized spacial score (nSPS) is 8.62. The molecule has 0 aromatic heterocycles. The minimum atomic E-state index is -1.36. The molecule has 4 nitrogen and oxygen atoms in total. The Morgan fingerprint density at radius 3 is 2.25 bits per heavy atom. The van der Waals surface area contributed by atoms with E-state index >= 15 is 0 Å². The summed E-state index contributed by atoms with van der Waals surface area (Å²) in [5, 5.41) is 7.18. The van der Waals surface area contributed by atoms with Crippen LogP contribution in [0.1, 0.15) is 19.8 Å². The van der Waals surface area contributed by atoms with E-state index in [0.717, 1.165) is 6.42 Å². The van der Waals surface area contributed by atoms with E-state index in [2.05, 4.69) is 11.6 Å². The Kier molecular flexibility index (Phi) is 7.89. The van der Waals surface area contributed by atoms with Crippen LogP contribution in [0, 0.1) is 0 Å². The highest BCUT2D eigenvalue weighted by Crippen LogP contribution is 2.09. The summed E-state index contributed by atoms with van der Waals surface area (Å²) in [4.78, 5) is 19.8. The lowest BCUT2D eigenvalue weighted by atomic mass is 10.3. The maximum atomic E-state index is 11.0. The van der Waals surface area contributed by atoms with Crippen molar-refractivity contribution in [1.82, 2.24) is 0 Å². The SMILES string of the molecule is CCCC(=O)Oc1ccccc1.O=C(O)Cl. The van der Waals surface area contributed by atoms with Crippen LogP contribution in [0.15, 0.2) is 30.3 Å². The van der Waals surface area contributed by atoms with Gasteiger partial charge in [-0.1, -0.05) is 25.1 Å². The monoisotopic (exact) mass is 244 g/mol. The van der Waals surface area contributed by atoms with Gasteiger partial charge in [0.1, 0.15) is 5.75 Å². The van der Waals surface area contributed by atoms with Crippen LogP contribution in [-0.4, -0.2) is 16.5 Å². The Morgan fingerprint density at radius 1 is 1.31 bits per heavy atom. The number of carboxylic acid groups (broad SMARTS) is 1. The third kappa shape index (κ3) is 9.02. The van der Waals surface area contributed by atoms with Crippen LogP contribution in [0.25, 0.3) is 0 Å². The van der Waals surface area contributed by atoms with E-state index in [1.54, 1.807) is 12.1 Å². The van der Waals surface area contributed by atoms with Crippen LogP contribution in [0.3, 0.4) is 0 Å². The molecule has 0 spiro atoms. The van der Waals surface area contributed by atoms with Crippen molar-refractivity contribution in [3.8, 4) is 5.75 Å². The second kappa shape index (κ2) is 8.73. The molecule has 5 heteroatoms. The lowest BCUT2D eigenvalue weighted by Crippen LogP contribution is -2.06. The van der Waals surface area contributed by atoms with Gasteiger partial charge in [-0.05, 0) is 18.6 Å². The van der Waals surface area contributed by atoms with E-state index in [1.165, 1.54) is 0 Å². The number of carbonyl (C=O) groups is 2. The van der Waals surface area contributed by atoms with Gasteiger partial charge in [0.25, 0.3) is 0 Å². The van der Waals surface area contributed by atoms with Gasteiger partial charge in [0, 0.05) is 18.0 Å². The van der Waals surface area contributed by atoms with Gasteiger partial charge in [-0.25, -0.2) is 4.79 Å². The summed E-state index contributed by atoms with van der Waals surface area (Å²) in [5.74, 6) is 0.458. The Balaban J connectivity index is 0.000000487. The molecule has 0 bridgehead atoms. The van der Waals surface area contributed by atoms with E-state index < -0.39 is 5.43 Å². The number of halogens is 1. The molecule has 88 valence electrons. The van der Waals surface area contributed by atoms with Crippen molar-refractivity contribution in [3.05, 3.63) is 30.3 Å². The zero-order valence-corrected chi connectivity index (χ0v) is 9.61. The standard InChI is InChI=1S/C10H12O2.CHClO2/c1-2-6-10(11)12-9-7-4-3-5-8-9;2-1(3)4/h3-5,7-8H,2,6H2,1H3;(H,3,4). The second-order valence-corrected chi connectivity index (χ2v) is 3.11. The number of hydrogen-bond acceptors (Lipinski definition) is 3. The first-order chi connectivity index (χ1) is 7.56. The molecule has 1 rings (SSSR count). The van der Waals surface area contributed by atoms with E-state index in [-0.39, 0.29) is 5.97 Å². The second-order valence-electron chi connectivity index (χ2n) is 2.79. The minimum Gasteiger partial charge on any atom is -0.469 e. The van der Waals surface area contributed by atoms with Crippen molar-refractivity contribution in [3.63, 3.8) is 0 Å². The molecule has 0 atom stereocenters. The van der Waals surface area contributed by atoms with E-state index in [9.17, 15) is 4.79 Å². The Morgan fingerprint density at radius 2 is 1.81 bits per heavy atom. The molecular weight excluding hydrogens is 232 g/mol. The summed E-state index contributed by atoms with van der Waals surface area (Å²) >= 11 is 4.19. The summed E-state index contributed by atoms with van der Waals surface area (Å²) < 4.78 is 5.02. The first-order valence-corrected chi connectivity index (χ1v) is 5.08. The van der Waals surface area contributed by atoms with Crippen molar-refractivity contribution in [1.29, 1.82) is 0 Å². The highest BCUT2D eigenvalue weighted by atomic mass is 35.5. The Bertz CT molecular complexity index is 320. The molecule has 0 fully saturated rings. The summed E-state index contributed by atoms with van der Waals surface area (Å²) in [7, 11) is 0. The van der Waals surface area contributed by atoms with Crippen LogP contribution >= 0.6 is 11.6 Å². The Labute approximate surface area is 98.8 Å². The zero-order chi connectivity index (χ0) is 12.4. The quantitative estimate of drug-likeness (QED) is 0.503.